The maximum atomic E-state index is 12.5. The summed E-state index contributed by atoms with van der Waals surface area (Å²) in [5.74, 6) is 0. The van der Waals surface area contributed by atoms with Crippen LogP contribution in [0.1, 0.15) is 12.5 Å². The summed E-state index contributed by atoms with van der Waals surface area (Å²) in [6, 6.07) is 3.71. The Morgan fingerprint density at radius 3 is 2.62 bits per heavy atom. The molecule has 2 aromatic rings. The molecule has 86 valence electrons. The predicted molar refractivity (Wildman–Crippen MR) is 63.1 cm³/mol. The molecule has 0 bridgehead atoms. The third-order valence-corrected chi connectivity index (χ3v) is 3.13. The number of fused-ring (bicyclic) bond motifs is 1. The van der Waals surface area contributed by atoms with Gasteiger partial charge in [0.2, 0.25) is 0 Å². The van der Waals surface area contributed by atoms with Crippen LogP contribution in [0, 0.1) is 3.70 Å². The first kappa shape index (κ1) is 11.7. The SMILES string of the molecule is CCn1nc(I)c2cc(C(F)(F)F)ccc21. The standard InChI is InChI=1S/C10H8F3IN2/c1-2-16-8-4-3-6(10(11,12)13)5-7(8)9(14)15-16/h3-5H,2H2,1H3. The molecular weight excluding hydrogens is 332 g/mol. The summed E-state index contributed by atoms with van der Waals surface area (Å²) >= 11 is 1.95. The van der Waals surface area contributed by atoms with Gasteiger partial charge in [0.1, 0.15) is 3.70 Å². The summed E-state index contributed by atoms with van der Waals surface area (Å²) in [5, 5.41) is 4.72. The van der Waals surface area contributed by atoms with Crippen molar-refractivity contribution in [3.63, 3.8) is 0 Å². The molecule has 0 aliphatic heterocycles. The van der Waals surface area contributed by atoms with E-state index >= 15 is 0 Å². The minimum atomic E-state index is -4.30. The van der Waals surface area contributed by atoms with E-state index in [1.807, 2.05) is 29.5 Å². The van der Waals surface area contributed by atoms with Gasteiger partial charge < -0.3 is 0 Å². The van der Waals surface area contributed by atoms with Crippen LogP contribution in [0.2, 0.25) is 0 Å². The maximum absolute atomic E-state index is 12.5. The zero-order valence-electron chi connectivity index (χ0n) is 8.35. The van der Waals surface area contributed by atoms with E-state index in [9.17, 15) is 13.2 Å². The number of hydrogen-bond donors (Lipinski definition) is 0. The molecule has 0 spiro atoms. The van der Waals surface area contributed by atoms with E-state index in [2.05, 4.69) is 5.10 Å². The highest BCUT2D eigenvalue weighted by Crippen LogP contribution is 2.32. The molecule has 1 aromatic carbocycles. The van der Waals surface area contributed by atoms with Crippen LogP contribution in [0.5, 0.6) is 0 Å². The highest BCUT2D eigenvalue weighted by atomic mass is 127. The molecule has 0 aliphatic rings. The van der Waals surface area contributed by atoms with Crippen LogP contribution in [0.25, 0.3) is 10.9 Å². The topological polar surface area (TPSA) is 17.8 Å². The highest BCUT2D eigenvalue weighted by Gasteiger charge is 2.31. The molecule has 2 nitrogen and oxygen atoms in total. The Hall–Kier alpha value is -0.790. The van der Waals surface area contributed by atoms with Crippen LogP contribution in [-0.4, -0.2) is 9.78 Å². The van der Waals surface area contributed by atoms with Crippen molar-refractivity contribution in [3.8, 4) is 0 Å². The number of hydrogen-bond acceptors (Lipinski definition) is 1. The van der Waals surface area contributed by atoms with Gasteiger partial charge in [-0.3, -0.25) is 4.68 Å². The lowest BCUT2D eigenvalue weighted by atomic mass is 10.1. The van der Waals surface area contributed by atoms with Crippen molar-refractivity contribution in [3.05, 3.63) is 27.5 Å². The zero-order valence-corrected chi connectivity index (χ0v) is 10.5. The molecule has 1 aromatic heterocycles. The monoisotopic (exact) mass is 340 g/mol. The minimum Gasteiger partial charge on any atom is -0.264 e. The first-order chi connectivity index (χ1) is 7.43. The van der Waals surface area contributed by atoms with Crippen molar-refractivity contribution in [2.45, 2.75) is 19.6 Å². The van der Waals surface area contributed by atoms with Gasteiger partial charge in [-0.05, 0) is 47.7 Å². The fourth-order valence-electron chi connectivity index (χ4n) is 1.56. The number of halogens is 4. The van der Waals surface area contributed by atoms with Crippen LogP contribution in [0.4, 0.5) is 13.2 Å². The summed E-state index contributed by atoms with van der Waals surface area (Å²) in [5.41, 5.74) is 0.105. The molecule has 1 heterocycles. The average molecular weight is 340 g/mol. The number of alkyl halides is 3. The summed E-state index contributed by atoms with van der Waals surface area (Å²) in [7, 11) is 0. The Morgan fingerprint density at radius 2 is 2.06 bits per heavy atom. The van der Waals surface area contributed by atoms with Crippen molar-refractivity contribution in [1.29, 1.82) is 0 Å². The second kappa shape index (κ2) is 3.90. The summed E-state index contributed by atoms with van der Waals surface area (Å²) < 4.78 is 39.8. The Kier molecular flexibility index (Phi) is 2.85. The molecule has 0 N–H and O–H groups in total. The van der Waals surface area contributed by atoms with Gasteiger partial charge in [-0.1, -0.05) is 0 Å². The molecule has 0 fully saturated rings. The minimum absolute atomic E-state index is 0.553. The van der Waals surface area contributed by atoms with Crippen LogP contribution < -0.4 is 0 Å². The number of aromatic nitrogens is 2. The third kappa shape index (κ3) is 1.90. The van der Waals surface area contributed by atoms with Crippen molar-refractivity contribution >= 4 is 33.5 Å². The molecule has 2 rings (SSSR count). The van der Waals surface area contributed by atoms with Gasteiger partial charge in [0.05, 0.1) is 11.1 Å². The third-order valence-electron chi connectivity index (χ3n) is 2.33. The summed E-state index contributed by atoms with van der Waals surface area (Å²) in [6.45, 7) is 2.55. The summed E-state index contributed by atoms with van der Waals surface area (Å²) in [4.78, 5) is 0. The number of benzene rings is 1. The first-order valence-electron chi connectivity index (χ1n) is 4.66. The highest BCUT2D eigenvalue weighted by molar-refractivity contribution is 14.1. The molecule has 0 atom stereocenters. The molecule has 0 amide bonds. The first-order valence-corrected chi connectivity index (χ1v) is 5.74. The number of rotatable bonds is 1. The smallest absolute Gasteiger partial charge is 0.264 e. The van der Waals surface area contributed by atoms with Gasteiger partial charge in [-0.2, -0.15) is 18.3 Å². The fourth-order valence-corrected chi connectivity index (χ4v) is 2.25. The van der Waals surface area contributed by atoms with Gasteiger partial charge in [0.15, 0.2) is 0 Å². The van der Waals surface area contributed by atoms with E-state index in [1.165, 1.54) is 6.07 Å². The van der Waals surface area contributed by atoms with E-state index in [1.54, 1.807) is 4.68 Å². The molecule has 0 saturated heterocycles. The second-order valence-corrected chi connectivity index (χ2v) is 4.36. The largest absolute Gasteiger partial charge is 0.416 e. The lowest BCUT2D eigenvalue weighted by molar-refractivity contribution is -0.137. The number of aryl methyl sites for hydroxylation is 1. The van der Waals surface area contributed by atoms with E-state index in [-0.39, 0.29) is 0 Å². The van der Waals surface area contributed by atoms with Crippen molar-refractivity contribution in [1.82, 2.24) is 9.78 Å². The average Bonchev–Trinajstić information content (AvgIpc) is 2.54. The Labute approximate surface area is 104 Å². The van der Waals surface area contributed by atoms with Crippen LogP contribution in [0.3, 0.4) is 0 Å². The predicted octanol–water partition coefficient (Wildman–Crippen LogP) is 3.68. The van der Waals surface area contributed by atoms with E-state index in [0.717, 1.165) is 17.6 Å². The summed E-state index contributed by atoms with van der Waals surface area (Å²) in [6.07, 6.45) is -4.30. The lowest BCUT2D eigenvalue weighted by Crippen LogP contribution is -2.04. The normalized spacial score (nSPS) is 12.3. The van der Waals surface area contributed by atoms with Crippen LogP contribution in [0.15, 0.2) is 18.2 Å². The number of nitrogens with zero attached hydrogens (tertiary/aromatic N) is 2. The van der Waals surface area contributed by atoms with Crippen molar-refractivity contribution in [2.75, 3.05) is 0 Å². The van der Waals surface area contributed by atoms with Gasteiger partial charge in [-0.15, -0.1) is 0 Å². The van der Waals surface area contributed by atoms with Gasteiger partial charge in [-0.25, -0.2) is 0 Å². The van der Waals surface area contributed by atoms with Gasteiger partial charge in [0, 0.05) is 11.9 Å². The van der Waals surface area contributed by atoms with Crippen molar-refractivity contribution in [2.24, 2.45) is 0 Å². The van der Waals surface area contributed by atoms with Crippen LogP contribution in [-0.2, 0) is 12.7 Å². The lowest BCUT2D eigenvalue weighted by Gasteiger charge is -2.06. The second-order valence-electron chi connectivity index (χ2n) is 3.34. The van der Waals surface area contributed by atoms with E-state index in [4.69, 9.17) is 0 Å². The quantitative estimate of drug-likeness (QED) is 0.725. The van der Waals surface area contributed by atoms with Crippen molar-refractivity contribution < 1.29 is 13.2 Å². The molecule has 0 unspecified atom stereocenters. The molecular formula is C10H8F3IN2. The Morgan fingerprint density at radius 1 is 1.38 bits per heavy atom. The van der Waals surface area contributed by atoms with Crippen LogP contribution >= 0.6 is 22.6 Å². The van der Waals surface area contributed by atoms with E-state index < -0.39 is 11.7 Å². The van der Waals surface area contributed by atoms with Gasteiger partial charge in [0.25, 0.3) is 0 Å². The Balaban J connectivity index is 2.67. The molecule has 16 heavy (non-hydrogen) atoms. The van der Waals surface area contributed by atoms with Gasteiger partial charge >= 0.3 is 6.18 Å². The molecule has 6 heteroatoms. The Bertz CT molecular complexity index is 531. The van der Waals surface area contributed by atoms with E-state index in [0.29, 0.717) is 15.6 Å². The fraction of sp³-hybridized carbons (Fsp3) is 0.300. The molecule has 0 saturated carbocycles. The maximum Gasteiger partial charge on any atom is 0.416 e. The molecule has 0 aliphatic carbocycles. The zero-order chi connectivity index (χ0) is 11.9. The molecule has 0 radical (unpaired) electrons.